The minimum absolute atomic E-state index is 0.0556. The van der Waals surface area contributed by atoms with Crippen LogP contribution in [0.4, 0.5) is 10.2 Å². The molecule has 0 saturated carbocycles. The zero-order valence-corrected chi connectivity index (χ0v) is 5.49. The van der Waals surface area contributed by atoms with Crippen molar-refractivity contribution in [1.29, 1.82) is 0 Å². The molecule has 1 aromatic rings. The summed E-state index contributed by atoms with van der Waals surface area (Å²) >= 11 is 0. The molecule has 0 unspecified atom stereocenters. The molecule has 0 aliphatic rings. The first-order chi connectivity index (χ1) is 5.27. The molecule has 0 aliphatic heterocycles. The van der Waals surface area contributed by atoms with Crippen molar-refractivity contribution in [2.24, 2.45) is 5.18 Å². The van der Waals surface area contributed by atoms with Gasteiger partial charge in [0.15, 0.2) is 0 Å². The fourth-order valence-electron chi connectivity index (χ4n) is 0.582. The van der Waals surface area contributed by atoms with E-state index in [1.165, 1.54) is 6.08 Å². The standard InChI is InChI=1S/C6H4FN3O/c1-2-4-6(10-11)8-3-5(7)9-4/h2-3H,1H2. The van der Waals surface area contributed by atoms with Crippen molar-refractivity contribution in [2.45, 2.75) is 0 Å². The van der Waals surface area contributed by atoms with Gasteiger partial charge in [0.25, 0.3) is 0 Å². The van der Waals surface area contributed by atoms with Gasteiger partial charge in [0, 0.05) is 0 Å². The molecule has 1 aromatic heterocycles. The van der Waals surface area contributed by atoms with Crippen molar-refractivity contribution >= 4 is 11.9 Å². The van der Waals surface area contributed by atoms with Crippen LogP contribution in [-0.2, 0) is 0 Å². The highest BCUT2D eigenvalue weighted by atomic mass is 19.1. The van der Waals surface area contributed by atoms with E-state index in [4.69, 9.17) is 0 Å². The quantitative estimate of drug-likeness (QED) is 0.607. The van der Waals surface area contributed by atoms with Gasteiger partial charge in [0.2, 0.25) is 11.8 Å². The molecule has 0 aliphatic carbocycles. The Morgan fingerprint density at radius 3 is 3.00 bits per heavy atom. The van der Waals surface area contributed by atoms with Crippen LogP contribution >= 0.6 is 0 Å². The van der Waals surface area contributed by atoms with E-state index in [0.717, 1.165) is 6.20 Å². The van der Waals surface area contributed by atoms with Gasteiger partial charge in [-0.05, 0) is 11.3 Å². The number of hydrogen-bond acceptors (Lipinski definition) is 4. The average molecular weight is 153 g/mol. The van der Waals surface area contributed by atoms with E-state index in [1.807, 2.05) is 0 Å². The maximum atomic E-state index is 12.3. The second-order valence-corrected chi connectivity index (χ2v) is 1.70. The summed E-state index contributed by atoms with van der Waals surface area (Å²) in [5.41, 5.74) is 0.0556. The molecule has 0 radical (unpaired) electrons. The fourth-order valence-corrected chi connectivity index (χ4v) is 0.582. The lowest BCUT2D eigenvalue weighted by molar-refractivity contribution is 0.576. The van der Waals surface area contributed by atoms with E-state index < -0.39 is 5.95 Å². The van der Waals surface area contributed by atoms with Gasteiger partial charge >= 0.3 is 0 Å². The van der Waals surface area contributed by atoms with E-state index in [9.17, 15) is 9.30 Å². The Bertz CT molecular complexity index is 300. The first-order valence-corrected chi connectivity index (χ1v) is 2.76. The van der Waals surface area contributed by atoms with Crippen LogP contribution in [0.5, 0.6) is 0 Å². The summed E-state index contributed by atoms with van der Waals surface area (Å²) in [6.45, 7) is 3.31. The average Bonchev–Trinajstić information content (AvgIpc) is 2.04. The summed E-state index contributed by atoms with van der Waals surface area (Å²) in [5, 5.41) is 2.52. The predicted molar refractivity (Wildman–Crippen MR) is 37.5 cm³/mol. The third-order valence-electron chi connectivity index (χ3n) is 1.03. The monoisotopic (exact) mass is 153 g/mol. The zero-order valence-electron chi connectivity index (χ0n) is 5.49. The topological polar surface area (TPSA) is 55.2 Å². The van der Waals surface area contributed by atoms with Gasteiger partial charge in [-0.25, -0.2) is 9.97 Å². The molecule has 0 amide bonds. The molecule has 0 atom stereocenters. The molecule has 0 spiro atoms. The van der Waals surface area contributed by atoms with Crippen LogP contribution in [0.2, 0.25) is 0 Å². The summed E-state index contributed by atoms with van der Waals surface area (Å²) in [7, 11) is 0. The van der Waals surface area contributed by atoms with Crippen LogP contribution in [-0.4, -0.2) is 9.97 Å². The maximum absolute atomic E-state index is 12.3. The Hall–Kier alpha value is -1.65. The highest BCUT2D eigenvalue weighted by molar-refractivity contribution is 5.53. The molecule has 0 bridgehead atoms. The van der Waals surface area contributed by atoms with Crippen LogP contribution in [0, 0.1) is 10.9 Å². The Morgan fingerprint density at radius 2 is 2.45 bits per heavy atom. The molecule has 1 heterocycles. The smallest absolute Gasteiger partial charge is 0.227 e. The second-order valence-electron chi connectivity index (χ2n) is 1.70. The summed E-state index contributed by atoms with van der Waals surface area (Å²) in [4.78, 5) is 16.7. The highest BCUT2D eigenvalue weighted by Gasteiger charge is 2.03. The van der Waals surface area contributed by atoms with E-state index in [0.29, 0.717) is 0 Å². The second kappa shape index (κ2) is 2.96. The number of aromatic nitrogens is 2. The summed E-state index contributed by atoms with van der Waals surface area (Å²) in [6, 6.07) is 0. The van der Waals surface area contributed by atoms with Crippen molar-refractivity contribution in [3.63, 3.8) is 0 Å². The van der Waals surface area contributed by atoms with Gasteiger partial charge in [0.05, 0.1) is 6.20 Å². The van der Waals surface area contributed by atoms with Crippen molar-refractivity contribution in [3.8, 4) is 0 Å². The van der Waals surface area contributed by atoms with Gasteiger partial charge in [-0.15, -0.1) is 4.91 Å². The Morgan fingerprint density at radius 1 is 1.73 bits per heavy atom. The molecule has 1 rings (SSSR count). The van der Waals surface area contributed by atoms with Crippen LogP contribution in [0.25, 0.3) is 6.08 Å². The third kappa shape index (κ3) is 1.43. The van der Waals surface area contributed by atoms with Crippen LogP contribution in [0.3, 0.4) is 0 Å². The van der Waals surface area contributed by atoms with Crippen LogP contribution in [0.15, 0.2) is 18.0 Å². The largest absolute Gasteiger partial charge is 0.232 e. The highest BCUT2D eigenvalue weighted by Crippen LogP contribution is 2.13. The Kier molecular flexibility index (Phi) is 2.00. The van der Waals surface area contributed by atoms with Crippen molar-refractivity contribution in [2.75, 3.05) is 0 Å². The van der Waals surface area contributed by atoms with E-state index in [1.54, 1.807) is 0 Å². The minimum Gasteiger partial charge on any atom is -0.227 e. The van der Waals surface area contributed by atoms with Gasteiger partial charge in [-0.1, -0.05) is 6.58 Å². The van der Waals surface area contributed by atoms with Crippen molar-refractivity contribution < 1.29 is 4.39 Å². The molecule has 0 aromatic carbocycles. The molecule has 4 nitrogen and oxygen atoms in total. The van der Waals surface area contributed by atoms with Crippen LogP contribution < -0.4 is 0 Å². The van der Waals surface area contributed by atoms with Crippen LogP contribution in [0.1, 0.15) is 5.69 Å². The molecule has 5 heteroatoms. The van der Waals surface area contributed by atoms with E-state index in [2.05, 4.69) is 21.7 Å². The lowest BCUT2D eigenvalue weighted by Crippen LogP contribution is -1.89. The number of halogens is 1. The van der Waals surface area contributed by atoms with Gasteiger partial charge in [-0.3, -0.25) is 0 Å². The predicted octanol–water partition coefficient (Wildman–Crippen LogP) is 1.66. The van der Waals surface area contributed by atoms with Gasteiger partial charge in [-0.2, -0.15) is 4.39 Å². The van der Waals surface area contributed by atoms with E-state index >= 15 is 0 Å². The molecular weight excluding hydrogens is 149 g/mol. The van der Waals surface area contributed by atoms with E-state index in [-0.39, 0.29) is 11.5 Å². The molecule has 0 fully saturated rings. The number of rotatable bonds is 2. The molecule has 0 N–H and O–H groups in total. The zero-order chi connectivity index (χ0) is 8.27. The number of hydrogen-bond donors (Lipinski definition) is 0. The maximum Gasteiger partial charge on any atom is 0.232 e. The SMILES string of the molecule is C=Cc1nc(F)cnc1N=O. The fraction of sp³-hybridized carbons (Fsp3) is 0. The number of nitroso groups, excluding NO2 is 1. The molecule has 56 valence electrons. The summed E-state index contributed by atoms with van der Waals surface area (Å²) in [5.74, 6) is -0.909. The lowest BCUT2D eigenvalue weighted by atomic mass is 10.4. The van der Waals surface area contributed by atoms with Crippen molar-refractivity contribution in [1.82, 2.24) is 9.97 Å². The van der Waals surface area contributed by atoms with Gasteiger partial charge in [0.1, 0.15) is 5.69 Å². The molecule has 0 saturated heterocycles. The Balaban J connectivity index is 3.26. The Labute approximate surface area is 61.8 Å². The third-order valence-corrected chi connectivity index (χ3v) is 1.03. The molecule has 11 heavy (non-hydrogen) atoms. The number of nitrogens with zero attached hydrogens (tertiary/aromatic N) is 3. The van der Waals surface area contributed by atoms with Gasteiger partial charge < -0.3 is 0 Å². The summed E-state index contributed by atoms with van der Waals surface area (Å²) in [6.07, 6.45) is 2.04. The summed E-state index contributed by atoms with van der Waals surface area (Å²) < 4.78 is 12.3. The normalized spacial score (nSPS) is 9.18. The lowest BCUT2D eigenvalue weighted by Gasteiger charge is -1.93. The molecular formula is C6H4FN3O. The first kappa shape index (κ1) is 7.46. The van der Waals surface area contributed by atoms with Crippen molar-refractivity contribution in [3.05, 3.63) is 29.3 Å². The first-order valence-electron chi connectivity index (χ1n) is 2.76. The minimum atomic E-state index is -0.757.